The molecule has 1 unspecified atom stereocenters. The Morgan fingerprint density at radius 1 is 1.11 bits per heavy atom. The number of ether oxygens (including phenoxy) is 1. The summed E-state index contributed by atoms with van der Waals surface area (Å²) < 4.78 is 5.17. The average molecular weight is 253 g/mol. The Labute approximate surface area is 114 Å². The second kappa shape index (κ2) is 5.45. The minimum Gasteiger partial charge on any atom is -0.497 e. The van der Waals surface area contributed by atoms with Gasteiger partial charge in [-0.3, -0.25) is 0 Å². The molecule has 0 amide bonds. The number of hydrogen-bond acceptors (Lipinski definition) is 2. The van der Waals surface area contributed by atoms with Gasteiger partial charge in [-0.25, -0.2) is 0 Å². The topological polar surface area (TPSA) is 21.3 Å². The van der Waals surface area contributed by atoms with E-state index in [0.717, 1.165) is 12.3 Å². The van der Waals surface area contributed by atoms with E-state index in [9.17, 15) is 0 Å². The highest BCUT2D eigenvalue weighted by Gasteiger charge is 2.20. The first kappa shape index (κ1) is 12.2. The first-order chi connectivity index (χ1) is 9.36. The zero-order valence-corrected chi connectivity index (χ0v) is 11.2. The van der Waals surface area contributed by atoms with Crippen molar-refractivity contribution in [1.29, 1.82) is 0 Å². The Kier molecular flexibility index (Phi) is 3.51. The maximum atomic E-state index is 5.17. The van der Waals surface area contributed by atoms with Crippen LogP contribution in [-0.4, -0.2) is 7.11 Å². The van der Waals surface area contributed by atoms with Crippen molar-refractivity contribution in [3.8, 4) is 5.75 Å². The lowest BCUT2D eigenvalue weighted by atomic mass is 10.1. The number of hydrogen-bond donors (Lipinski definition) is 1. The normalized spacial score (nSPS) is 17.2. The largest absolute Gasteiger partial charge is 0.497 e. The fourth-order valence-electron chi connectivity index (χ4n) is 2.75. The summed E-state index contributed by atoms with van der Waals surface area (Å²) in [6, 6.07) is 17.5. The predicted octanol–water partition coefficient (Wildman–Crippen LogP) is 3.47. The molecule has 19 heavy (non-hydrogen) atoms. The van der Waals surface area contributed by atoms with E-state index in [-0.39, 0.29) is 0 Å². The van der Waals surface area contributed by atoms with Crippen LogP contribution in [0.1, 0.15) is 29.2 Å². The zero-order chi connectivity index (χ0) is 13.1. The number of fused-ring (bicyclic) bond motifs is 1. The summed E-state index contributed by atoms with van der Waals surface area (Å²) in [5, 5.41) is 3.65. The molecule has 0 spiro atoms. The van der Waals surface area contributed by atoms with Gasteiger partial charge in [-0.2, -0.15) is 0 Å². The van der Waals surface area contributed by atoms with Crippen molar-refractivity contribution in [3.05, 3.63) is 65.2 Å². The van der Waals surface area contributed by atoms with E-state index in [4.69, 9.17) is 4.74 Å². The van der Waals surface area contributed by atoms with Gasteiger partial charge in [-0.05, 0) is 41.7 Å². The lowest BCUT2D eigenvalue weighted by molar-refractivity contribution is 0.414. The summed E-state index contributed by atoms with van der Waals surface area (Å²) in [6.45, 7) is 0.906. The fraction of sp³-hybridized carbons (Fsp3) is 0.294. The number of aryl methyl sites for hydroxylation is 1. The van der Waals surface area contributed by atoms with Crippen LogP contribution in [-0.2, 0) is 13.0 Å². The molecule has 0 aliphatic heterocycles. The summed E-state index contributed by atoms with van der Waals surface area (Å²) in [5.41, 5.74) is 4.26. The van der Waals surface area contributed by atoms with Gasteiger partial charge in [0.2, 0.25) is 0 Å². The first-order valence-electron chi connectivity index (χ1n) is 6.81. The molecule has 0 radical (unpaired) electrons. The van der Waals surface area contributed by atoms with Crippen LogP contribution in [0.4, 0.5) is 0 Å². The Bertz CT molecular complexity index is 547. The van der Waals surface area contributed by atoms with E-state index in [2.05, 4.69) is 41.7 Å². The Balaban J connectivity index is 1.64. The highest BCUT2D eigenvalue weighted by molar-refractivity contribution is 5.34. The second-order valence-electron chi connectivity index (χ2n) is 5.02. The molecule has 0 fully saturated rings. The third-order valence-electron chi connectivity index (χ3n) is 3.84. The Morgan fingerprint density at radius 3 is 2.68 bits per heavy atom. The minimum absolute atomic E-state index is 0.498. The van der Waals surface area contributed by atoms with Gasteiger partial charge in [-0.1, -0.05) is 36.4 Å². The van der Waals surface area contributed by atoms with Gasteiger partial charge in [0.1, 0.15) is 5.75 Å². The van der Waals surface area contributed by atoms with Gasteiger partial charge in [0.15, 0.2) is 0 Å². The summed E-state index contributed by atoms with van der Waals surface area (Å²) in [6.07, 6.45) is 2.39. The van der Waals surface area contributed by atoms with Crippen molar-refractivity contribution in [3.63, 3.8) is 0 Å². The smallest absolute Gasteiger partial charge is 0.118 e. The molecule has 2 aromatic carbocycles. The molecular formula is C17H19NO. The summed E-state index contributed by atoms with van der Waals surface area (Å²) in [5.74, 6) is 0.912. The molecule has 1 aliphatic rings. The molecule has 0 saturated heterocycles. The molecule has 0 bridgehead atoms. The standard InChI is InChI=1S/C17H19NO/c1-19-15-9-6-13(7-10-15)12-18-17-11-8-14-4-2-3-5-16(14)17/h2-7,9-10,17-18H,8,11-12H2,1H3. The molecule has 0 aromatic heterocycles. The molecule has 1 N–H and O–H groups in total. The summed E-state index contributed by atoms with van der Waals surface area (Å²) in [4.78, 5) is 0. The summed E-state index contributed by atoms with van der Waals surface area (Å²) in [7, 11) is 1.70. The van der Waals surface area contributed by atoms with Crippen molar-refractivity contribution in [2.75, 3.05) is 7.11 Å². The minimum atomic E-state index is 0.498. The van der Waals surface area contributed by atoms with Crippen LogP contribution in [0.5, 0.6) is 5.75 Å². The van der Waals surface area contributed by atoms with Crippen LogP contribution in [0.25, 0.3) is 0 Å². The maximum absolute atomic E-state index is 5.17. The lowest BCUT2D eigenvalue weighted by Gasteiger charge is -2.14. The monoisotopic (exact) mass is 253 g/mol. The molecule has 2 heteroatoms. The first-order valence-corrected chi connectivity index (χ1v) is 6.81. The van der Waals surface area contributed by atoms with E-state index in [1.807, 2.05) is 12.1 Å². The van der Waals surface area contributed by atoms with Crippen LogP contribution in [0.2, 0.25) is 0 Å². The molecular weight excluding hydrogens is 234 g/mol. The maximum Gasteiger partial charge on any atom is 0.118 e. The van der Waals surface area contributed by atoms with Gasteiger partial charge in [0, 0.05) is 12.6 Å². The molecule has 98 valence electrons. The van der Waals surface area contributed by atoms with E-state index in [1.54, 1.807) is 7.11 Å². The number of benzene rings is 2. The molecule has 0 heterocycles. The van der Waals surface area contributed by atoms with E-state index in [0.29, 0.717) is 6.04 Å². The predicted molar refractivity (Wildman–Crippen MR) is 77.3 cm³/mol. The number of rotatable bonds is 4. The molecule has 1 aliphatic carbocycles. The van der Waals surface area contributed by atoms with E-state index >= 15 is 0 Å². The fourth-order valence-corrected chi connectivity index (χ4v) is 2.75. The zero-order valence-electron chi connectivity index (χ0n) is 11.2. The quantitative estimate of drug-likeness (QED) is 0.900. The van der Waals surface area contributed by atoms with Crippen LogP contribution in [0.15, 0.2) is 48.5 Å². The van der Waals surface area contributed by atoms with Gasteiger partial charge in [0.25, 0.3) is 0 Å². The van der Waals surface area contributed by atoms with Crippen molar-refractivity contribution >= 4 is 0 Å². The third kappa shape index (κ3) is 2.64. The van der Waals surface area contributed by atoms with Crippen molar-refractivity contribution in [2.45, 2.75) is 25.4 Å². The molecule has 0 saturated carbocycles. The molecule has 2 aromatic rings. The molecule has 2 nitrogen and oxygen atoms in total. The van der Waals surface area contributed by atoms with E-state index in [1.165, 1.54) is 29.5 Å². The van der Waals surface area contributed by atoms with Crippen LogP contribution >= 0.6 is 0 Å². The Hall–Kier alpha value is -1.80. The SMILES string of the molecule is COc1ccc(CNC2CCc3ccccc32)cc1. The second-order valence-corrected chi connectivity index (χ2v) is 5.02. The van der Waals surface area contributed by atoms with Crippen LogP contribution < -0.4 is 10.1 Å². The third-order valence-corrected chi connectivity index (χ3v) is 3.84. The lowest BCUT2D eigenvalue weighted by Crippen LogP contribution is -2.18. The highest BCUT2D eigenvalue weighted by Crippen LogP contribution is 2.30. The van der Waals surface area contributed by atoms with Gasteiger partial charge in [0.05, 0.1) is 7.11 Å². The average Bonchev–Trinajstić information content (AvgIpc) is 2.89. The molecule has 3 rings (SSSR count). The van der Waals surface area contributed by atoms with Gasteiger partial charge in [-0.15, -0.1) is 0 Å². The van der Waals surface area contributed by atoms with Crippen molar-refractivity contribution < 1.29 is 4.74 Å². The Morgan fingerprint density at radius 2 is 1.89 bits per heavy atom. The van der Waals surface area contributed by atoms with Crippen molar-refractivity contribution in [1.82, 2.24) is 5.32 Å². The van der Waals surface area contributed by atoms with Crippen molar-refractivity contribution in [2.24, 2.45) is 0 Å². The number of nitrogens with one attached hydrogen (secondary N) is 1. The highest BCUT2D eigenvalue weighted by atomic mass is 16.5. The number of methoxy groups -OCH3 is 1. The molecule has 1 atom stereocenters. The van der Waals surface area contributed by atoms with Crippen LogP contribution in [0, 0.1) is 0 Å². The van der Waals surface area contributed by atoms with E-state index < -0.39 is 0 Å². The van der Waals surface area contributed by atoms with Gasteiger partial charge >= 0.3 is 0 Å². The summed E-state index contributed by atoms with van der Waals surface area (Å²) >= 11 is 0. The van der Waals surface area contributed by atoms with Crippen LogP contribution in [0.3, 0.4) is 0 Å². The van der Waals surface area contributed by atoms with Gasteiger partial charge < -0.3 is 10.1 Å².